The highest BCUT2D eigenvalue weighted by atomic mass is 79.9. The van der Waals surface area contributed by atoms with Crippen LogP contribution in [0.15, 0.2) is 45.5 Å². The van der Waals surface area contributed by atoms with E-state index in [-0.39, 0.29) is 30.5 Å². The van der Waals surface area contributed by atoms with Crippen LogP contribution < -0.4 is 5.32 Å². The molecule has 2 aromatic rings. The number of alkyl halides is 1. The van der Waals surface area contributed by atoms with Gasteiger partial charge in [-0.05, 0) is 37.7 Å². The number of carbonyl (C=O) groups excluding carboxylic acids is 2. The van der Waals surface area contributed by atoms with Gasteiger partial charge in [-0.3, -0.25) is 14.0 Å². The van der Waals surface area contributed by atoms with Crippen LogP contribution in [0.1, 0.15) is 35.1 Å². The van der Waals surface area contributed by atoms with Crippen LogP contribution in [0.2, 0.25) is 0 Å². The third-order valence-corrected chi connectivity index (χ3v) is 6.30. The average Bonchev–Trinajstić information content (AvgIpc) is 2.86. The van der Waals surface area contributed by atoms with E-state index in [0.717, 1.165) is 17.3 Å². The Balaban J connectivity index is 1.92. The summed E-state index contributed by atoms with van der Waals surface area (Å²) >= 11 is 4.33. The predicted molar refractivity (Wildman–Crippen MR) is 115 cm³/mol. The summed E-state index contributed by atoms with van der Waals surface area (Å²) in [5.41, 5.74) is 1.83. The molecule has 0 saturated carbocycles. The van der Waals surface area contributed by atoms with E-state index in [4.69, 9.17) is 0 Å². The molecule has 0 aliphatic carbocycles. The fourth-order valence-electron chi connectivity index (χ4n) is 2.92. The van der Waals surface area contributed by atoms with Crippen molar-refractivity contribution in [2.45, 2.75) is 26.8 Å². The molecule has 6 nitrogen and oxygen atoms in total. The Bertz CT molecular complexity index is 983. The Kier molecular flexibility index (Phi) is 7.02. The van der Waals surface area contributed by atoms with Gasteiger partial charge in [0.25, 0.3) is 0 Å². The van der Waals surface area contributed by atoms with Crippen molar-refractivity contribution in [1.29, 1.82) is 0 Å². The van der Waals surface area contributed by atoms with Crippen molar-refractivity contribution in [1.82, 2.24) is 14.9 Å². The van der Waals surface area contributed by atoms with Gasteiger partial charge < -0.3 is 10.2 Å². The lowest BCUT2D eigenvalue weighted by molar-refractivity contribution is -0.127. The summed E-state index contributed by atoms with van der Waals surface area (Å²) in [6.07, 6.45) is 1.74. The summed E-state index contributed by atoms with van der Waals surface area (Å²) in [5, 5.41) is 2.82. The van der Waals surface area contributed by atoms with Gasteiger partial charge in [-0.15, -0.1) is 0 Å². The number of allylic oxidation sites excluding steroid dienone is 2. The quantitative estimate of drug-likeness (QED) is 0.683. The van der Waals surface area contributed by atoms with Gasteiger partial charge in [0.05, 0.1) is 19.8 Å². The van der Waals surface area contributed by atoms with E-state index in [2.05, 4.69) is 31.2 Å². The maximum atomic E-state index is 13.3. The highest BCUT2D eigenvalue weighted by Gasteiger charge is 2.25. The molecule has 1 aromatic carbocycles. The first kappa shape index (κ1) is 21.4. The molecule has 9 heteroatoms. The van der Waals surface area contributed by atoms with Crippen LogP contribution >= 0.6 is 27.7 Å². The van der Waals surface area contributed by atoms with E-state index in [1.807, 2.05) is 6.07 Å². The van der Waals surface area contributed by atoms with E-state index >= 15 is 0 Å². The summed E-state index contributed by atoms with van der Waals surface area (Å²) in [4.78, 5) is 36.1. The van der Waals surface area contributed by atoms with E-state index in [0.29, 0.717) is 32.3 Å². The molecule has 0 spiro atoms. The molecule has 29 heavy (non-hydrogen) atoms. The van der Waals surface area contributed by atoms with Gasteiger partial charge in [0.1, 0.15) is 11.6 Å². The van der Waals surface area contributed by atoms with Crippen molar-refractivity contribution in [2.24, 2.45) is 0 Å². The number of hydrogen-bond acceptors (Lipinski definition) is 6. The standard InChI is InChI=1S/C20H20BrFN4O2S/c1-12(17(7-8-22)29-20(28)15-5-3-4-6-16(15)21)26-11-14-9-23-13(2)25-19(14)24-10-18(26)27/h3-6,9H,7-8,10-11H2,1-2H3,(H,23,24,25)/b17-12-. The molecule has 0 bridgehead atoms. The minimum atomic E-state index is -0.623. The second kappa shape index (κ2) is 9.49. The lowest BCUT2D eigenvalue weighted by Crippen LogP contribution is -2.32. The van der Waals surface area contributed by atoms with Crippen molar-refractivity contribution in [3.8, 4) is 0 Å². The summed E-state index contributed by atoms with van der Waals surface area (Å²) < 4.78 is 13.9. The number of aromatic nitrogens is 2. The summed E-state index contributed by atoms with van der Waals surface area (Å²) in [6, 6.07) is 7.08. The molecule has 1 amide bonds. The van der Waals surface area contributed by atoms with E-state index in [1.165, 1.54) is 0 Å². The Labute approximate surface area is 181 Å². The highest BCUT2D eigenvalue weighted by molar-refractivity contribution is 9.10. The molecule has 1 N–H and O–H groups in total. The zero-order chi connectivity index (χ0) is 21.0. The van der Waals surface area contributed by atoms with Crippen LogP contribution in [0.25, 0.3) is 0 Å². The molecule has 152 valence electrons. The molecule has 0 fully saturated rings. The summed E-state index contributed by atoms with van der Waals surface area (Å²) in [6.45, 7) is 3.21. The number of rotatable bonds is 5. The number of carbonyl (C=O) groups is 2. The number of fused-ring (bicyclic) bond motifs is 1. The number of halogens is 2. The van der Waals surface area contributed by atoms with Crippen LogP contribution in [-0.2, 0) is 11.3 Å². The summed E-state index contributed by atoms with van der Waals surface area (Å²) in [5.74, 6) is 1.05. The number of nitrogens with zero attached hydrogens (tertiary/aromatic N) is 3. The molecule has 3 rings (SSSR count). The van der Waals surface area contributed by atoms with Gasteiger partial charge in [-0.1, -0.05) is 28.1 Å². The van der Waals surface area contributed by atoms with Crippen LogP contribution in [0.4, 0.5) is 10.2 Å². The van der Waals surface area contributed by atoms with Gasteiger partial charge in [0, 0.05) is 38.8 Å². The maximum Gasteiger partial charge on any atom is 0.246 e. The second-order valence-corrected chi connectivity index (χ2v) is 8.36. The van der Waals surface area contributed by atoms with Gasteiger partial charge in [-0.2, -0.15) is 0 Å². The lowest BCUT2D eigenvalue weighted by atomic mass is 10.2. The first-order valence-corrected chi connectivity index (χ1v) is 10.6. The zero-order valence-electron chi connectivity index (χ0n) is 16.0. The van der Waals surface area contributed by atoms with Gasteiger partial charge >= 0.3 is 0 Å². The second-order valence-electron chi connectivity index (χ2n) is 6.44. The monoisotopic (exact) mass is 478 g/mol. The van der Waals surface area contributed by atoms with Crippen molar-refractivity contribution in [3.63, 3.8) is 0 Å². The topological polar surface area (TPSA) is 75.2 Å². The fraction of sp³-hybridized carbons (Fsp3) is 0.300. The molecule has 0 radical (unpaired) electrons. The van der Waals surface area contributed by atoms with Crippen LogP contribution in [0.5, 0.6) is 0 Å². The van der Waals surface area contributed by atoms with Crippen molar-refractivity contribution < 1.29 is 14.0 Å². The molecular formula is C20H20BrFN4O2S. The molecule has 0 saturated heterocycles. The zero-order valence-corrected chi connectivity index (χ0v) is 18.4. The number of benzene rings is 1. The smallest absolute Gasteiger partial charge is 0.246 e. The van der Waals surface area contributed by atoms with E-state index in [1.54, 1.807) is 43.1 Å². The Hall–Kier alpha value is -2.26. The van der Waals surface area contributed by atoms with Crippen LogP contribution in [0, 0.1) is 6.92 Å². The third-order valence-electron chi connectivity index (χ3n) is 4.46. The first-order chi connectivity index (χ1) is 13.9. The largest absolute Gasteiger partial charge is 0.361 e. The summed E-state index contributed by atoms with van der Waals surface area (Å²) in [7, 11) is 0. The predicted octanol–water partition coefficient (Wildman–Crippen LogP) is 4.47. The minimum absolute atomic E-state index is 0.0567. The average molecular weight is 479 g/mol. The van der Waals surface area contributed by atoms with Crippen LogP contribution in [0.3, 0.4) is 0 Å². The van der Waals surface area contributed by atoms with Gasteiger partial charge in [0.2, 0.25) is 11.0 Å². The number of thioether (sulfide) groups is 1. The highest BCUT2D eigenvalue weighted by Crippen LogP contribution is 2.32. The maximum absolute atomic E-state index is 13.3. The molecule has 1 aliphatic rings. The third kappa shape index (κ3) is 5.02. The molecule has 2 heterocycles. The molecule has 1 aliphatic heterocycles. The van der Waals surface area contributed by atoms with Crippen LogP contribution in [-0.4, -0.2) is 39.1 Å². The van der Waals surface area contributed by atoms with Gasteiger partial charge in [0.15, 0.2) is 0 Å². The minimum Gasteiger partial charge on any atom is -0.361 e. The van der Waals surface area contributed by atoms with Crippen molar-refractivity contribution >= 4 is 44.5 Å². The van der Waals surface area contributed by atoms with Gasteiger partial charge in [-0.25, -0.2) is 9.97 Å². The fourth-order valence-corrected chi connectivity index (χ4v) is 4.46. The molecular weight excluding hydrogens is 459 g/mol. The molecule has 1 aromatic heterocycles. The molecule has 0 atom stereocenters. The number of nitrogens with one attached hydrogen (secondary N) is 1. The van der Waals surface area contributed by atoms with E-state index in [9.17, 15) is 14.0 Å². The van der Waals surface area contributed by atoms with Crippen molar-refractivity contribution in [3.05, 3.63) is 62.5 Å². The Morgan fingerprint density at radius 1 is 1.38 bits per heavy atom. The number of aryl methyl sites for hydroxylation is 1. The SMILES string of the molecule is C/C(=C(\CCF)SC(=O)c1ccccc1Br)N1Cc2cnc(C)nc2NCC1=O. The Morgan fingerprint density at radius 2 is 2.14 bits per heavy atom. The number of amides is 1. The Morgan fingerprint density at radius 3 is 2.86 bits per heavy atom. The normalized spacial score (nSPS) is 14.6. The first-order valence-electron chi connectivity index (χ1n) is 9.00. The number of anilines is 1. The molecule has 0 unspecified atom stereocenters. The van der Waals surface area contributed by atoms with E-state index < -0.39 is 6.67 Å². The van der Waals surface area contributed by atoms with Crippen molar-refractivity contribution in [2.75, 3.05) is 18.5 Å². The lowest BCUT2D eigenvalue weighted by Gasteiger charge is -2.24. The number of hydrogen-bond donors (Lipinski definition) is 1.